The second kappa shape index (κ2) is 9.15. The van der Waals surface area contributed by atoms with Crippen molar-refractivity contribution in [1.29, 1.82) is 0 Å². The Morgan fingerprint density at radius 3 is 2.50 bits per heavy atom. The smallest absolute Gasteiger partial charge is 0.191 e. The molecular formula is C15H24BrN3O2S. The maximum atomic E-state index is 11.2. The van der Waals surface area contributed by atoms with Gasteiger partial charge in [-0.15, -0.1) is 0 Å². The summed E-state index contributed by atoms with van der Waals surface area (Å²) in [5, 5.41) is 6.41. The van der Waals surface area contributed by atoms with Crippen LogP contribution in [0.4, 0.5) is 0 Å². The normalized spacial score (nSPS) is 13.7. The lowest BCUT2D eigenvalue weighted by Gasteiger charge is -2.17. The molecule has 0 aliphatic heterocycles. The Morgan fingerprint density at radius 1 is 1.32 bits per heavy atom. The monoisotopic (exact) mass is 389 g/mol. The van der Waals surface area contributed by atoms with E-state index >= 15 is 0 Å². The number of sulfone groups is 1. The van der Waals surface area contributed by atoms with E-state index in [9.17, 15) is 8.42 Å². The number of hydrogen-bond donors (Lipinski definition) is 2. The van der Waals surface area contributed by atoms with E-state index in [0.717, 1.165) is 16.6 Å². The molecule has 22 heavy (non-hydrogen) atoms. The van der Waals surface area contributed by atoms with Crippen molar-refractivity contribution < 1.29 is 8.42 Å². The van der Waals surface area contributed by atoms with Crippen LogP contribution in [0.15, 0.2) is 33.7 Å². The molecule has 5 nitrogen and oxygen atoms in total. The zero-order valence-electron chi connectivity index (χ0n) is 13.3. The van der Waals surface area contributed by atoms with Crippen molar-refractivity contribution in [3.63, 3.8) is 0 Å². The van der Waals surface area contributed by atoms with Gasteiger partial charge in [-0.05, 0) is 38.0 Å². The Kier molecular flexibility index (Phi) is 7.89. The molecule has 7 heteroatoms. The van der Waals surface area contributed by atoms with Gasteiger partial charge in [-0.2, -0.15) is 0 Å². The van der Waals surface area contributed by atoms with Crippen molar-refractivity contribution in [2.45, 2.75) is 32.9 Å². The van der Waals surface area contributed by atoms with Crippen molar-refractivity contribution in [3.05, 3.63) is 34.3 Å². The number of aliphatic imine (C=N–C) groups is 1. The number of halogens is 1. The lowest BCUT2D eigenvalue weighted by atomic mass is 10.2. The first-order valence-electron chi connectivity index (χ1n) is 7.27. The first-order chi connectivity index (χ1) is 10.3. The lowest BCUT2D eigenvalue weighted by Crippen LogP contribution is -2.42. The molecule has 0 spiro atoms. The molecule has 1 aromatic rings. The van der Waals surface area contributed by atoms with Crippen molar-refractivity contribution in [1.82, 2.24) is 10.6 Å². The topological polar surface area (TPSA) is 70.6 Å². The summed E-state index contributed by atoms with van der Waals surface area (Å²) in [7, 11) is -2.93. The molecule has 0 fully saturated rings. The Morgan fingerprint density at radius 2 is 1.95 bits per heavy atom. The Bertz CT molecular complexity index is 585. The van der Waals surface area contributed by atoms with Crippen LogP contribution in [-0.2, 0) is 16.4 Å². The molecule has 0 saturated heterocycles. The molecule has 1 rings (SSSR count). The van der Waals surface area contributed by atoms with E-state index in [1.807, 2.05) is 38.1 Å². The second-order valence-corrected chi connectivity index (χ2v) is 8.46. The van der Waals surface area contributed by atoms with Crippen LogP contribution in [0.3, 0.4) is 0 Å². The van der Waals surface area contributed by atoms with Crippen molar-refractivity contribution >= 4 is 31.7 Å². The minimum Gasteiger partial charge on any atom is -0.357 e. The highest BCUT2D eigenvalue weighted by atomic mass is 79.9. The van der Waals surface area contributed by atoms with Crippen LogP contribution in [-0.4, -0.2) is 39.0 Å². The molecule has 1 atom stereocenters. The highest BCUT2D eigenvalue weighted by Gasteiger charge is 2.09. The summed E-state index contributed by atoms with van der Waals surface area (Å²) in [6, 6.07) is 8.05. The number of nitrogens with one attached hydrogen (secondary N) is 2. The summed E-state index contributed by atoms with van der Waals surface area (Å²) < 4.78 is 23.5. The van der Waals surface area contributed by atoms with E-state index < -0.39 is 9.84 Å². The zero-order chi connectivity index (χ0) is 16.6. The van der Waals surface area contributed by atoms with Gasteiger partial charge in [0.15, 0.2) is 5.96 Å². The third-order valence-corrected chi connectivity index (χ3v) is 4.49. The Balaban J connectivity index is 2.59. The first kappa shape index (κ1) is 19.0. The largest absolute Gasteiger partial charge is 0.357 e. The van der Waals surface area contributed by atoms with Crippen molar-refractivity contribution in [2.24, 2.45) is 4.99 Å². The van der Waals surface area contributed by atoms with Crippen molar-refractivity contribution in [3.8, 4) is 0 Å². The molecule has 0 amide bonds. The average molecular weight is 390 g/mol. The number of guanidine groups is 1. The van der Waals surface area contributed by atoms with E-state index in [0.29, 0.717) is 18.9 Å². The van der Waals surface area contributed by atoms with E-state index in [1.54, 1.807) is 0 Å². The number of nitrogens with zero attached hydrogens (tertiary/aromatic N) is 1. The van der Waals surface area contributed by atoms with Crippen LogP contribution in [0.1, 0.15) is 25.8 Å². The second-order valence-electron chi connectivity index (χ2n) is 5.29. The highest BCUT2D eigenvalue weighted by Crippen LogP contribution is 2.11. The fourth-order valence-corrected chi connectivity index (χ4v) is 2.82. The van der Waals surface area contributed by atoms with E-state index in [1.165, 1.54) is 6.26 Å². The maximum absolute atomic E-state index is 11.2. The van der Waals surface area contributed by atoms with Gasteiger partial charge in [-0.25, -0.2) is 13.4 Å². The Hall–Kier alpha value is -1.08. The van der Waals surface area contributed by atoms with Gasteiger partial charge in [0.1, 0.15) is 9.84 Å². The fraction of sp³-hybridized carbons (Fsp3) is 0.533. The van der Waals surface area contributed by atoms with Gasteiger partial charge in [-0.3, -0.25) is 0 Å². The third-order valence-electron chi connectivity index (χ3n) is 2.98. The van der Waals surface area contributed by atoms with Gasteiger partial charge in [0.25, 0.3) is 0 Å². The molecule has 1 aromatic carbocycles. The predicted octanol–water partition coefficient (Wildman–Crippen LogP) is 2.33. The molecular weight excluding hydrogens is 366 g/mol. The van der Waals surface area contributed by atoms with Gasteiger partial charge in [0, 0.05) is 23.3 Å². The van der Waals surface area contributed by atoms with Crippen LogP contribution >= 0.6 is 15.9 Å². The number of rotatable bonds is 7. The molecule has 2 N–H and O–H groups in total. The van der Waals surface area contributed by atoms with E-state index in [4.69, 9.17) is 0 Å². The standard InChI is InChI=1S/C15H24BrN3O2S/c1-4-17-15(19-12(2)9-10-22(3,20)21)18-11-13-5-7-14(16)8-6-13/h5-8,12H,4,9-11H2,1-3H3,(H2,17,18,19). The SMILES string of the molecule is CCNC(=NCc1ccc(Br)cc1)NC(C)CCS(C)(=O)=O. The Labute approximate surface area is 141 Å². The summed E-state index contributed by atoms with van der Waals surface area (Å²) in [6.07, 6.45) is 1.81. The summed E-state index contributed by atoms with van der Waals surface area (Å²) in [6.45, 7) is 5.28. The van der Waals surface area contributed by atoms with Crippen LogP contribution in [0.2, 0.25) is 0 Å². The fourth-order valence-electron chi connectivity index (χ4n) is 1.78. The number of benzene rings is 1. The quantitative estimate of drug-likeness (QED) is 0.554. The lowest BCUT2D eigenvalue weighted by molar-refractivity contribution is 0.581. The van der Waals surface area contributed by atoms with Crippen LogP contribution in [0.5, 0.6) is 0 Å². The summed E-state index contributed by atoms with van der Waals surface area (Å²) in [5.41, 5.74) is 1.11. The minimum absolute atomic E-state index is 0.0393. The molecule has 0 aliphatic carbocycles. The summed E-state index contributed by atoms with van der Waals surface area (Å²) in [4.78, 5) is 4.53. The van der Waals surface area contributed by atoms with E-state index in [2.05, 4.69) is 31.6 Å². The summed E-state index contributed by atoms with van der Waals surface area (Å²) in [5.74, 6) is 0.874. The third kappa shape index (κ3) is 8.38. The van der Waals surface area contributed by atoms with Crippen LogP contribution in [0, 0.1) is 0 Å². The first-order valence-corrected chi connectivity index (χ1v) is 10.1. The van der Waals surface area contributed by atoms with Gasteiger partial charge < -0.3 is 10.6 Å². The minimum atomic E-state index is -2.93. The van der Waals surface area contributed by atoms with Gasteiger partial charge in [-0.1, -0.05) is 28.1 Å². The zero-order valence-corrected chi connectivity index (χ0v) is 15.7. The number of hydrogen-bond acceptors (Lipinski definition) is 3. The maximum Gasteiger partial charge on any atom is 0.191 e. The molecule has 0 radical (unpaired) electrons. The molecule has 124 valence electrons. The molecule has 0 bridgehead atoms. The molecule has 0 aromatic heterocycles. The highest BCUT2D eigenvalue weighted by molar-refractivity contribution is 9.10. The molecule has 0 saturated carbocycles. The van der Waals surface area contributed by atoms with Crippen LogP contribution < -0.4 is 10.6 Å². The van der Waals surface area contributed by atoms with Gasteiger partial charge in [0.05, 0.1) is 12.3 Å². The molecule has 1 unspecified atom stereocenters. The van der Waals surface area contributed by atoms with Gasteiger partial charge >= 0.3 is 0 Å². The molecule has 0 heterocycles. The molecule has 0 aliphatic rings. The predicted molar refractivity (Wildman–Crippen MR) is 95.9 cm³/mol. The van der Waals surface area contributed by atoms with Crippen molar-refractivity contribution in [2.75, 3.05) is 18.6 Å². The summed E-state index contributed by atoms with van der Waals surface area (Å²) >= 11 is 3.41. The van der Waals surface area contributed by atoms with Gasteiger partial charge in [0.2, 0.25) is 0 Å². The van der Waals surface area contributed by atoms with Crippen LogP contribution in [0.25, 0.3) is 0 Å². The van der Waals surface area contributed by atoms with E-state index in [-0.39, 0.29) is 11.8 Å². The average Bonchev–Trinajstić information content (AvgIpc) is 2.44.